The molecular formula is CoCuNiO3. The van der Waals surface area contributed by atoms with Crippen molar-refractivity contribution in [2.45, 2.75) is 0 Å². The van der Waals surface area contributed by atoms with Crippen LogP contribution in [0.15, 0.2) is 0 Å². The molecule has 0 heterocycles. The van der Waals surface area contributed by atoms with E-state index < -0.39 is 0 Å². The summed E-state index contributed by atoms with van der Waals surface area (Å²) in [6, 6.07) is 0. The predicted octanol–water partition coefficient (Wildman–Crippen LogP) is -0.364. The summed E-state index contributed by atoms with van der Waals surface area (Å²) in [6.45, 7) is 0. The van der Waals surface area contributed by atoms with Gasteiger partial charge in [0, 0.05) is 0 Å². The predicted molar refractivity (Wildman–Crippen MR) is 2.06 cm³/mol. The summed E-state index contributed by atoms with van der Waals surface area (Å²) in [5, 5.41) is 0. The number of rotatable bonds is 0. The van der Waals surface area contributed by atoms with Gasteiger partial charge in [-0.15, -0.1) is 0 Å². The molecule has 3 nitrogen and oxygen atoms in total. The van der Waals surface area contributed by atoms with Crippen LogP contribution in [0.25, 0.3) is 0 Å². The minimum absolute atomic E-state index is 2.31. The first kappa shape index (κ1) is 15.8. The Hall–Kier alpha value is 0.919. The summed E-state index contributed by atoms with van der Waals surface area (Å²) in [6.07, 6.45) is 0. The number of hydrogen-bond acceptors (Lipinski definition) is 3. The van der Waals surface area contributed by atoms with Crippen LogP contribution in [0.5, 0.6) is 0 Å². The molecule has 0 radical (unpaired) electrons. The van der Waals surface area contributed by atoms with Crippen molar-refractivity contribution in [1.82, 2.24) is 0 Å². The normalized spacial score (nSPS) is 2.83. The summed E-state index contributed by atoms with van der Waals surface area (Å²) in [5.74, 6) is 0. The SMILES string of the molecule is [O]=[Co].[O]=[Cu].[O]=[Ni]. The molecule has 6 heavy (non-hydrogen) atoms. The Morgan fingerprint density at radius 1 is 1.17 bits per heavy atom. The zero-order valence-electron chi connectivity index (χ0n) is 2.18. The summed E-state index contributed by atoms with van der Waals surface area (Å²) < 4.78 is 23.6. The molecule has 0 fully saturated rings. The molecule has 48 valence electrons. The first-order valence-corrected chi connectivity index (χ1v) is 1.60. The van der Waals surface area contributed by atoms with Gasteiger partial charge in [-0.2, -0.15) is 0 Å². The maximum absolute atomic E-state index is 7.94. The van der Waals surface area contributed by atoms with Crippen molar-refractivity contribution in [3.8, 4) is 0 Å². The van der Waals surface area contributed by atoms with Crippen molar-refractivity contribution in [2.24, 2.45) is 0 Å². The van der Waals surface area contributed by atoms with Gasteiger partial charge in [-0.25, -0.2) is 0 Å². The molecule has 0 amide bonds. The van der Waals surface area contributed by atoms with Crippen molar-refractivity contribution < 1.29 is 58.6 Å². The Morgan fingerprint density at radius 3 is 1.17 bits per heavy atom. The first-order valence-electron chi connectivity index (χ1n) is 0.388. The molecule has 0 spiro atoms. The van der Waals surface area contributed by atoms with E-state index >= 15 is 0 Å². The molecule has 0 unspecified atom stereocenters. The van der Waals surface area contributed by atoms with E-state index in [9.17, 15) is 0 Å². The average Bonchev–Trinajstić information content (AvgIpc) is 1.81. The first-order chi connectivity index (χ1) is 3.00. The fourth-order valence-corrected chi connectivity index (χ4v) is 0. The van der Waals surface area contributed by atoms with E-state index in [1.165, 1.54) is 0 Å². The molecule has 0 aromatic heterocycles. The Bertz CT molecular complexity index is 15.5. The van der Waals surface area contributed by atoms with E-state index in [-0.39, 0.29) is 0 Å². The second kappa shape index (κ2) is 169. The molecule has 0 bridgehead atoms. The van der Waals surface area contributed by atoms with Crippen LogP contribution >= 0.6 is 0 Å². The Kier molecular flexibility index (Phi) is 446. The molecule has 0 N–H and O–H groups in total. The Labute approximate surface area is 58.6 Å². The van der Waals surface area contributed by atoms with E-state index in [4.69, 9.17) is 11.6 Å². The van der Waals surface area contributed by atoms with Gasteiger partial charge >= 0.3 is 58.6 Å². The molecule has 0 aliphatic carbocycles. The maximum atomic E-state index is 7.94. The number of hydrogen-bond donors (Lipinski definition) is 0. The van der Waals surface area contributed by atoms with Gasteiger partial charge in [0.1, 0.15) is 0 Å². The fourth-order valence-electron chi connectivity index (χ4n) is 0. The molecule has 0 aliphatic heterocycles. The molecule has 0 aromatic carbocycles. The van der Waals surface area contributed by atoms with E-state index in [1.54, 1.807) is 0 Å². The molecule has 0 rings (SSSR count). The molecule has 0 atom stereocenters. The van der Waals surface area contributed by atoms with Gasteiger partial charge in [0.25, 0.3) is 0 Å². The third-order valence-corrected chi connectivity index (χ3v) is 0. The molecule has 0 saturated carbocycles. The van der Waals surface area contributed by atoms with Crippen LogP contribution in [0.4, 0.5) is 0 Å². The third kappa shape index (κ3) is 89.4. The Morgan fingerprint density at radius 2 is 1.17 bits per heavy atom. The summed E-state index contributed by atoms with van der Waals surface area (Å²) >= 11 is 7.88. The molecule has 0 aliphatic rings. The van der Waals surface area contributed by atoms with Gasteiger partial charge in [0.15, 0.2) is 0 Å². The average molecular weight is 229 g/mol. The van der Waals surface area contributed by atoms with E-state index in [1.807, 2.05) is 0 Å². The van der Waals surface area contributed by atoms with Gasteiger partial charge in [-0.1, -0.05) is 0 Å². The molecular weight excluding hydrogens is 229 g/mol. The molecule has 6 heteroatoms. The van der Waals surface area contributed by atoms with Crippen LogP contribution in [0, 0.1) is 0 Å². The fraction of sp³-hybridized carbons (Fsp3) is 0. The summed E-state index contributed by atoms with van der Waals surface area (Å²) in [5.41, 5.74) is 0. The monoisotopic (exact) mass is 228 g/mol. The van der Waals surface area contributed by atoms with Crippen molar-refractivity contribution in [1.29, 1.82) is 0 Å². The van der Waals surface area contributed by atoms with Crippen molar-refractivity contribution in [2.75, 3.05) is 0 Å². The second-order valence-corrected chi connectivity index (χ2v) is 0. The topological polar surface area (TPSA) is 51.2 Å². The van der Waals surface area contributed by atoms with Crippen LogP contribution < -0.4 is 0 Å². The second-order valence-electron chi connectivity index (χ2n) is 0. The standard InChI is InChI=1S/Co.Cu.Ni.3O. The van der Waals surface area contributed by atoms with Crippen LogP contribution in [0.1, 0.15) is 0 Å². The third-order valence-electron chi connectivity index (χ3n) is 0. The summed E-state index contributed by atoms with van der Waals surface area (Å²) in [4.78, 5) is 0. The van der Waals surface area contributed by atoms with Gasteiger partial charge in [-0.05, 0) is 0 Å². The minimum atomic E-state index is 2.31. The van der Waals surface area contributed by atoms with Crippen molar-refractivity contribution in [3.05, 3.63) is 0 Å². The Balaban J connectivity index is -0.0000000225. The van der Waals surface area contributed by atoms with Crippen LogP contribution in [0.3, 0.4) is 0 Å². The zero-order valence-corrected chi connectivity index (χ0v) is 5.15. The zero-order chi connectivity index (χ0) is 6.00. The van der Waals surface area contributed by atoms with Gasteiger partial charge in [0.2, 0.25) is 0 Å². The van der Waals surface area contributed by atoms with E-state index in [0.717, 1.165) is 0 Å². The van der Waals surface area contributed by atoms with Crippen LogP contribution in [-0.2, 0) is 58.6 Å². The summed E-state index contributed by atoms with van der Waals surface area (Å²) in [7, 11) is 0. The van der Waals surface area contributed by atoms with Crippen LogP contribution in [0.2, 0.25) is 0 Å². The van der Waals surface area contributed by atoms with Gasteiger partial charge < -0.3 is 0 Å². The van der Waals surface area contributed by atoms with Crippen LogP contribution in [-0.4, -0.2) is 0 Å². The van der Waals surface area contributed by atoms with Crippen molar-refractivity contribution in [3.63, 3.8) is 0 Å². The van der Waals surface area contributed by atoms with E-state index in [0.29, 0.717) is 0 Å². The van der Waals surface area contributed by atoms with Crippen molar-refractivity contribution >= 4 is 0 Å². The quantitative estimate of drug-likeness (QED) is 0.533. The van der Waals surface area contributed by atoms with Gasteiger partial charge in [-0.3, -0.25) is 0 Å². The molecule has 0 saturated heterocycles. The van der Waals surface area contributed by atoms with E-state index in [2.05, 4.69) is 47.0 Å². The molecule has 0 aromatic rings. The van der Waals surface area contributed by atoms with Gasteiger partial charge in [0.05, 0.1) is 0 Å².